The number of thiophene rings is 1. The zero-order valence-electron chi connectivity index (χ0n) is 12.1. The second kappa shape index (κ2) is 7.06. The van der Waals surface area contributed by atoms with Crippen molar-refractivity contribution in [3.63, 3.8) is 0 Å². The van der Waals surface area contributed by atoms with Crippen LogP contribution in [-0.4, -0.2) is 24.6 Å². The molecule has 5 nitrogen and oxygen atoms in total. The fourth-order valence-corrected chi connectivity index (χ4v) is 3.22. The average molecular weight is 392 g/mol. The predicted octanol–water partition coefficient (Wildman–Crippen LogP) is 3.01. The first-order valence-corrected chi connectivity index (χ1v) is 8.73. The van der Waals surface area contributed by atoms with E-state index in [1.807, 2.05) is 41.8 Å². The average Bonchev–Trinajstić information content (AvgIpc) is 3.18. The number of amides is 2. The topological polar surface area (TPSA) is 61.8 Å². The molecule has 2 aromatic rings. The lowest BCUT2D eigenvalue weighted by molar-refractivity contribution is -0.126. The Labute approximate surface area is 146 Å². The first-order chi connectivity index (χ1) is 11.1. The summed E-state index contributed by atoms with van der Waals surface area (Å²) in [5.74, 6) is -0.660. The van der Waals surface area contributed by atoms with E-state index in [1.165, 1.54) is 11.3 Å². The highest BCUT2D eigenvalue weighted by molar-refractivity contribution is 9.10. The van der Waals surface area contributed by atoms with Gasteiger partial charge in [-0.2, -0.15) is 5.10 Å². The number of hydrogen-bond acceptors (Lipinski definition) is 4. The third-order valence-electron chi connectivity index (χ3n) is 3.54. The summed E-state index contributed by atoms with van der Waals surface area (Å²) in [6, 6.07) is 11.3. The van der Waals surface area contributed by atoms with Crippen LogP contribution in [0.25, 0.3) is 0 Å². The first kappa shape index (κ1) is 15.9. The molecule has 23 heavy (non-hydrogen) atoms. The van der Waals surface area contributed by atoms with Crippen molar-refractivity contribution in [1.82, 2.24) is 5.43 Å². The monoisotopic (exact) mass is 391 g/mol. The van der Waals surface area contributed by atoms with Gasteiger partial charge in [-0.05, 0) is 35.7 Å². The molecule has 1 aromatic heterocycles. The lowest BCUT2D eigenvalue weighted by atomic mass is 10.1. The van der Waals surface area contributed by atoms with Gasteiger partial charge in [0.2, 0.25) is 11.8 Å². The summed E-state index contributed by atoms with van der Waals surface area (Å²) in [4.78, 5) is 26.9. The summed E-state index contributed by atoms with van der Waals surface area (Å²) in [6.45, 7) is 0.376. The standard InChI is InChI=1S/C16H14BrN3O2S/c17-12-3-5-13(6-4-12)20-10-11(8-15(20)21)16(22)19-18-9-14-2-1-7-23-14/h1-7,9,11H,8,10H2,(H,19,22)/b18-9-/t11-/m0/s1. The molecule has 0 bridgehead atoms. The highest BCUT2D eigenvalue weighted by Crippen LogP contribution is 2.26. The number of carbonyl (C=O) groups excluding carboxylic acids is 2. The van der Waals surface area contributed by atoms with Crippen molar-refractivity contribution in [3.8, 4) is 0 Å². The van der Waals surface area contributed by atoms with Crippen LogP contribution in [0.2, 0.25) is 0 Å². The Kier molecular flexibility index (Phi) is 4.88. The van der Waals surface area contributed by atoms with Gasteiger partial charge in [0.25, 0.3) is 0 Å². The SMILES string of the molecule is O=C(N/N=C\c1cccs1)[C@H]1CC(=O)N(c2ccc(Br)cc2)C1. The van der Waals surface area contributed by atoms with Crippen LogP contribution in [0.5, 0.6) is 0 Å². The molecule has 1 fully saturated rings. The molecule has 1 atom stereocenters. The van der Waals surface area contributed by atoms with E-state index < -0.39 is 0 Å². The van der Waals surface area contributed by atoms with Gasteiger partial charge >= 0.3 is 0 Å². The van der Waals surface area contributed by atoms with E-state index in [-0.39, 0.29) is 24.2 Å². The highest BCUT2D eigenvalue weighted by atomic mass is 79.9. The lowest BCUT2D eigenvalue weighted by Crippen LogP contribution is -2.30. The van der Waals surface area contributed by atoms with E-state index in [4.69, 9.17) is 0 Å². The molecule has 7 heteroatoms. The van der Waals surface area contributed by atoms with Crippen molar-refractivity contribution < 1.29 is 9.59 Å². The van der Waals surface area contributed by atoms with Gasteiger partial charge in [0.05, 0.1) is 12.1 Å². The number of benzene rings is 1. The Balaban J connectivity index is 1.60. The number of hydrogen-bond donors (Lipinski definition) is 1. The Bertz CT molecular complexity index is 728. The molecule has 1 aliphatic rings. The van der Waals surface area contributed by atoms with Crippen molar-refractivity contribution >= 4 is 51.0 Å². The molecule has 1 aliphatic heterocycles. The number of anilines is 1. The molecule has 2 amide bonds. The van der Waals surface area contributed by atoms with E-state index in [2.05, 4.69) is 26.5 Å². The molecule has 1 saturated heterocycles. The van der Waals surface area contributed by atoms with Gasteiger partial charge in [0, 0.05) is 28.0 Å². The predicted molar refractivity (Wildman–Crippen MR) is 94.7 cm³/mol. The number of hydrazone groups is 1. The van der Waals surface area contributed by atoms with Crippen LogP contribution in [0.15, 0.2) is 51.4 Å². The lowest BCUT2D eigenvalue weighted by Gasteiger charge is -2.16. The van der Waals surface area contributed by atoms with Crippen LogP contribution < -0.4 is 10.3 Å². The zero-order valence-corrected chi connectivity index (χ0v) is 14.5. The Morgan fingerprint density at radius 2 is 2.13 bits per heavy atom. The Morgan fingerprint density at radius 1 is 1.35 bits per heavy atom. The van der Waals surface area contributed by atoms with Crippen molar-refractivity contribution in [2.24, 2.45) is 11.0 Å². The number of carbonyl (C=O) groups is 2. The highest BCUT2D eigenvalue weighted by Gasteiger charge is 2.35. The van der Waals surface area contributed by atoms with E-state index >= 15 is 0 Å². The molecule has 0 spiro atoms. The molecule has 2 heterocycles. The summed E-state index contributed by atoms with van der Waals surface area (Å²) in [6.07, 6.45) is 1.81. The van der Waals surface area contributed by atoms with Gasteiger partial charge < -0.3 is 4.90 Å². The van der Waals surface area contributed by atoms with Gasteiger partial charge in [-0.25, -0.2) is 5.43 Å². The maximum atomic E-state index is 12.1. The summed E-state index contributed by atoms with van der Waals surface area (Å²) >= 11 is 4.91. The first-order valence-electron chi connectivity index (χ1n) is 7.06. The van der Waals surface area contributed by atoms with Crippen LogP contribution in [0.3, 0.4) is 0 Å². The minimum Gasteiger partial charge on any atom is -0.312 e. The van der Waals surface area contributed by atoms with Gasteiger partial charge in [-0.1, -0.05) is 22.0 Å². The minimum absolute atomic E-state index is 0.0466. The van der Waals surface area contributed by atoms with E-state index in [0.29, 0.717) is 6.54 Å². The second-order valence-electron chi connectivity index (χ2n) is 5.13. The Morgan fingerprint density at radius 3 is 2.83 bits per heavy atom. The molecule has 1 N–H and O–H groups in total. The van der Waals surface area contributed by atoms with Crippen LogP contribution in [0.4, 0.5) is 5.69 Å². The molecule has 0 saturated carbocycles. The molecule has 1 aromatic carbocycles. The van der Waals surface area contributed by atoms with E-state index in [9.17, 15) is 9.59 Å². The fourth-order valence-electron chi connectivity index (χ4n) is 2.37. The van der Waals surface area contributed by atoms with Crippen LogP contribution in [0.1, 0.15) is 11.3 Å². The summed E-state index contributed by atoms with van der Waals surface area (Å²) < 4.78 is 0.949. The van der Waals surface area contributed by atoms with E-state index in [0.717, 1.165) is 15.0 Å². The minimum atomic E-state index is -0.383. The maximum Gasteiger partial charge on any atom is 0.245 e. The van der Waals surface area contributed by atoms with E-state index in [1.54, 1.807) is 11.1 Å². The Hall–Kier alpha value is -1.99. The van der Waals surface area contributed by atoms with Gasteiger partial charge in [-0.3, -0.25) is 9.59 Å². The zero-order chi connectivity index (χ0) is 16.2. The van der Waals surface area contributed by atoms with Crippen LogP contribution in [0, 0.1) is 5.92 Å². The van der Waals surface area contributed by atoms with Crippen molar-refractivity contribution in [2.45, 2.75) is 6.42 Å². The fraction of sp³-hybridized carbons (Fsp3) is 0.188. The summed E-state index contributed by atoms with van der Waals surface area (Å²) in [5, 5.41) is 5.88. The molecule has 118 valence electrons. The van der Waals surface area contributed by atoms with Crippen molar-refractivity contribution in [2.75, 3.05) is 11.4 Å². The molecular weight excluding hydrogens is 378 g/mol. The molecule has 0 radical (unpaired) electrons. The maximum absolute atomic E-state index is 12.1. The smallest absolute Gasteiger partial charge is 0.245 e. The number of rotatable bonds is 4. The second-order valence-corrected chi connectivity index (χ2v) is 7.03. The van der Waals surface area contributed by atoms with Crippen LogP contribution >= 0.6 is 27.3 Å². The molecule has 0 unspecified atom stereocenters. The van der Waals surface area contributed by atoms with Gasteiger partial charge in [0.15, 0.2) is 0 Å². The third kappa shape index (κ3) is 3.86. The normalized spacial score (nSPS) is 17.9. The van der Waals surface area contributed by atoms with Gasteiger partial charge in [0.1, 0.15) is 0 Å². The third-order valence-corrected chi connectivity index (χ3v) is 4.88. The number of halogens is 1. The van der Waals surface area contributed by atoms with Crippen LogP contribution in [-0.2, 0) is 9.59 Å². The van der Waals surface area contributed by atoms with Crippen molar-refractivity contribution in [3.05, 3.63) is 51.1 Å². The summed E-state index contributed by atoms with van der Waals surface area (Å²) in [7, 11) is 0. The molecular formula is C16H14BrN3O2S. The molecule has 0 aliphatic carbocycles. The van der Waals surface area contributed by atoms with Crippen molar-refractivity contribution in [1.29, 1.82) is 0 Å². The molecule has 3 rings (SSSR count). The largest absolute Gasteiger partial charge is 0.312 e. The summed E-state index contributed by atoms with van der Waals surface area (Å²) in [5.41, 5.74) is 3.32. The quantitative estimate of drug-likeness (QED) is 0.642. The number of nitrogens with one attached hydrogen (secondary N) is 1. The number of nitrogens with zero attached hydrogens (tertiary/aromatic N) is 2. The van der Waals surface area contributed by atoms with Gasteiger partial charge in [-0.15, -0.1) is 11.3 Å².